The van der Waals surface area contributed by atoms with Crippen molar-refractivity contribution in [1.82, 2.24) is 0 Å². The van der Waals surface area contributed by atoms with Crippen LogP contribution in [0.3, 0.4) is 0 Å². The second kappa shape index (κ2) is 2.86. The quantitative estimate of drug-likeness (QED) is 0.424. The zero-order valence-corrected chi connectivity index (χ0v) is 6.97. The van der Waals surface area contributed by atoms with Crippen molar-refractivity contribution in [3.05, 3.63) is 11.3 Å². The molecule has 0 radical (unpaired) electrons. The summed E-state index contributed by atoms with van der Waals surface area (Å²) in [5, 5.41) is 0. The third-order valence-corrected chi connectivity index (χ3v) is 1.64. The van der Waals surface area contributed by atoms with Crippen LogP contribution in [-0.4, -0.2) is 11.9 Å². The topological polar surface area (TPSA) is 38.7 Å². The lowest BCUT2D eigenvalue weighted by Gasteiger charge is -1.94. The molecule has 0 unspecified atom stereocenters. The minimum atomic E-state index is -0.318. The smallest absolute Gasteiger partial charge is 0.363 e. The van der Waals surface area contributed by atoms with Gasteiger partial charge in [0.15, 0.2) is 11.6 Å². The molecule has 1 aliphatic heterocycles. The van der Waals surface area contributed by atoms with E-state index in [2.05, 4.69) is 4.99 Å². The largest absolute Gasteiger partial charge is 0.407 e. The van der Waals surface area contributed by atoms with Crippen molar-refractivity contribution < 1.29 is 9.53 Å². The molecule has 3 nitrogen and oxygen atoms in total. The van der Waals surface area contributed by atoms with Crippen LogP contribution in [0.2, 0.25) is 0 Å². The third kappa shape index (κ3) is 1.48. The standard InChI is InChI=1S/C8H11NO2/c1-4-5(2)7-8(10)11-6(3)9-7/h4H2,1-3H3. The summed E-state index contributed by atoms with van der Waals surface area (Å²) in [6, 6.07) is 0. The van der Waals surface area contributed by atoms with Crippen LogP contribution in [0.4, 0.5) is 0 Å². The van der Waals surface area contributed by atoms with Crippen molar-refractivity contribution in [3.63, 3.8) is 0 Å². The van der Waals surface area contributed by atoms with E-state index in [9.17, 15) is 4.79 Å². The number of carbonyl (C=O) groups excluding carboxylic acids is 1. The predicted molar refractivity (Wildman–Crippen MR) is 42.2 cm³/mol. The zero-order chi connectivity index (χ0) is 8.43. The molecule has 0 N–H and O–H groups in total. The van der Waals surface area contributed by atoms with Crippen molar-refractivity contribution in [2.75, 3.05) is 0 Å². The first-order chi connectivity index (χ1) is 5.15. The van der Waals surface area contributed by atoms with Gasteiger partial charge in [-0.1, -0.05) is 6.92 Å². The number of cyclic esters (lactones) is 1. The monoisotopic (exact) mass is 153 g/mol. The molecule has 0 aliphatic carbocycles. The minimum absolute atomic E-state index is 0.318. The van der Waals surface area contributed by atoms with Crippen LogP contribution in [0.25, 0.3) is 0 Å². The summed E-state index contributed by atoms with van der Waals surface area (Å²) < 4.78 is 4.75. The van der Waals surface area contributed by atoms with E-state index in [1.807, 2.05) is 13.8 Å². The van der Waals surface area contributed by atoms with E-state index >= 15 is 0 Å². The summed E-state index contributed by atoms with van der Waals surface area (Å²) in [5.74, 6) is 0.125. The Morgan fingerprint density at radius 1 is 1.64 bits per heavy atom. The van der Waals surface area contributed by atoms with Crippen LogP contribution in [0.1, 0.15) is 27.2 Å². The zero-order valence-electron chi connectivity index (χ0n) is 6.97. The Morgan fingerprint density at radius 2 is 2.27 bits per heavy atom. The molecule has 0 saturated carbocycles. The Morgan fingerprint density at radius 3 is 2.64 bits per heavy atom. The molecular weight excluding hydrogens is 142 g/mol. The number of nitrogens with zero attached hydrogens (tertiary/aromatic N) is 1. The lowest BCUT2D eigenvalue weighted by atomic mass is 10.2. The first-order valence-corrected chi connectivity index (χ1v) is 3.62. The van der Waals surface area contributed by atoms with E-state index in [1.165, 1.54) is 0 Å². The van der Waals surface area contributed by atoms with Crippen LogP contribution in [0.5, 0.6) is 0 Å². The highest BCUT2D eigenvalue weighted by Gasteiger charge is 2.21. The van der Waals surface area contributed by atoms with Gasteiger partial charge >= 0.3 is 5.97 Å². The molecule has 1 heterocycles. The Bertz CT molecular complexity index is 251. The second-order valence-corrected chi connectivity index (χ2v) is 2.50. The average molecular weight is 153 g/mol. The van der Waals surface area contributed by atoms with E-state index in [1.54, 1.807) is 6.92 Å². The van der Waals surface area contributed by atoms with E-state index in [0.29, 0.717) is 11.6 Å². The molecule has 60 valence electrons. The Labute approximate surface area is 65.8 Å². The van der Waals surface area contributed by atoms with Crippen molar-refractivity contribution >= 4 is 11.9 Å². The molecular formula is C8H11NO2. The number of rotatable bonds is 1. The summed E-state index contributed by atoms with van der Waals surface area (Å²) in [7, 11) is 0. The van der Waals surface area contributed by atoms with Gasteiger partial charge < -0.3 is 4.74 Å². The highest BCUT2D eigenvalue weighted by atomic mass is 16.6. The summed E-state index contributed by atoms with van der Waals surface area (Å²) in [5.41, 5.74) is 1.46. The summed E-state index contributed by atoms with van der Waals surface area (Å²) in [6.07, 6.45) is 0.835. The van der Waals surface area contributed by atoms with Gasteiger partial charge in [0.1, 0.15) is 0 Å². The number of hydrogen-bond acceptors (Lipinski definition) is 3. The molecule has 1 aliphatic rings. The van der Waals surface area contributed by atoms with E-state index in [0.717, 1.165) is 12.0 Å². The molecule has 0 aromatic heterocycles. The molecule has 0 aromatic carbocycles. The van der Waals surface area contributed by atoms with Crippen molar-refractivity contribution in [3.8, 4) is 0 Å². The highest BCUT2D eigenvalue weighted by Crippen LogP contribution is 2.16. The van der Waals surface area contributed by atoms with E-state index in [4.69, 9.17) is 4.74 Å². The number of esters is 1. The van der Waals surface area contributed by atoms with Crippen molar-refractivity contribution in [1.29, 1.82) is 0 Å². The first kappa shape index (κ1) is 7.98. The lowest BCUT2D eigenvalue weighted by Crippen LogP contribution is -2.01. The maximum atomic E-state index is 11.0. The van der Waals surface area contributed by atoms with Crippen LogP contribution in [-0.2, 0) is 9.53 Å². The highest BCUT2D eigenvalue weighted by molar-refractivity contribution is 6.04. The molecule has 11 heavy (non-hydrogen) atoms. The summed E-state index contributed by atoms with van der Waals surface area (Å²) >= 11 is 0. The fourth-order valence-corrected chi connectivity index (χ4v) is 0.846. The average Bonchev–Trinajstić information content (AvgIpc) is 2.28. The van der Waals surface area contributed by atoms with Gasteiger partial charge in [-0.25, -0.2) is 9.79 Å². The van der Waals surface area contributed by atoms with Gasteiger partial charge in [0.05, 0.1) is 0 Å². The number of aliphatic imine (C=N–C) groups is 1. The maximum absolute atomic E-state index is 11.0. The summed E-state index contributed by atoms with van der Waals surface area (Å²) in [6.45, 7) is 5.55. The number of hydrogen-bond donors (Lipinski definition) is 0. The molecule has 0 atom stereocenters. The van der Waals surface area contributed by atoms with Gasteiger partial charge in [0.25, 0.3) is 0 Å². The van der Waals surface area contributed by atoms with Gasteiger partial charge in [0.2, 0.25) is 0 Å². The molecule has 0 spiro atoms. The summed E-state index contributed by atoms with van der Waals surface area (Å²) in [4.78, 5) is 15.0. The minimum Gasteiger partial charge on any atom is -0.407 e. The van der Waals surface area contributed by atoms with E-state index in [-0.39, 0.29) is 5.97 Å². The van der Waals surface area contributed by atoms with Gasteiger partial charge in [-0.2, -0.15) is 0 Å². The normalized spacial score (nSPS) is 21.4. The van der Waals surface area contributed by atoms with Crippen LogP contribution in [0, 0.1) is 0 Å². The number of ether oxygens (including phenoxy) is 1. The molecule has 0 fully saturated rings. The maximum Gasteiger partial charge on any atom is 0.363 e. The fraction of sp³-hybridized carbons (Fsp3) is 0.500. The Hall–Kier alpha value is -1.12. The predicted octanol–water partition coefficient (Wildman–Crippen LogP) is 1.65. The van der Waals surface area contributed by atoms with Crippen molar-refractivity contribution in [2.45, 2.75) is 27.2 Å². The lowest BCUT2D eigenvalue weighted by molar-refractivity contribution is -0.130. The van der Waals surface area contributed by atoms with Gasteiger partial charge in [-0.15, -0.1) is 0 Å². The molecule has 0 bridgehead atoms. The Balaban J connectivity index is 2.97. The van der Waals surface area contributed by atoms with Crippen molar-refractivity contribution in [2.24, 2.45) is 4.99 Å². The second-order valence-electron chi connectivity index (χ2n) is 2.50. The SMILES string of the molecule is CCC(C)=C1N=C(C)OC1=O. The van der Waals surface area contributed by atoms with Crippen LogP contribution < -0.4 is 0 Å². The van der Waals surface area contributed by atoms with Gasteiger partial charge in [-0.05, 0) is 18.9 Å². The third-order valence-electron chi connectivity index (χ3n) is 1.64. The molecule has 0 aromatic rings. The fourth-order valence-electron chi connectivity index (χ4n) is 0.846. The Kier molecular flexibility index (Phi) is 2.08. The van der Waals surface area contributed by atoms with E-state index < -0.39 is 0 Å². The first-order valence-electron chi connectivity index (χ1n) is 3.62. The molecule has 3 heteroatoms. The van der Waals surface area contributed by atoms with Gasteiger partial charge in [0, 0.05) is 6.92 Å². The van der Waals surface area contributed by atoms with Gasteiger partial charge in [-0.3, -0.25) is 0 Å². The molecule has 0 amide bonds. The van der Waals surface area contributed by atoms with Crippen LogP contribution in [0.15, 0.2) is 16.3 Å². The molecule has 1 rings (SSSR count). The van der Waals surface area contributed by atoms with Crippen LogP contribution >= 0.6 is 0 Å². The number of carbonyl (C=O) groups is 1. The number of allylic oxidation sites excluding steroid dienone is 1. The molecule has 0 saturated heterocycles.